The summed E-state index contributed by atoms with van der Waals surface area (Å²) in [7, 11) is 0. The zero-order chi connectivity index (χ0) is 18.1. The Labute approximate surface area is 141 Å². The van der Waals surface area contributed by atoms with Crippen molar-refractivity contribution in [1.82, 2.24) is 9.13 Å². The first kappa shape index (κ1) is 17.3. The van der Waals surface area contributed by atoms with Crippen molar-refractivity contribution in [2.75, 3.05) is 6.61 Å². The van der Waals surface area contributed by atoms with E-state index in [1.165, 1.54) is 4.57 Å². The maximum Gasteiger partial charge on any atom is 0.332 e. The van der Waals surface area contributed by atoms with Gasteiger partial charge in [-0.2, -0.15) is 0 Å². The van der Waals surface area contributed by atoms with Crippen LogP contribution in [0.5, 0.6) is 0 Å². The highest BCUT2D eigenvalue weighted by Crippen LogP contribution is 2.30. The number of carbonyl (C=O) groups is 1. The van der Waals surface area contributed by atoms with Crippen molar-refractivity contribution in [3.05, 3.63) is 44.6 Å². The van der Waals surface area contributed by atoms with Crippen LogP contribution in [0.1, 0.15) is 38.6 Å². The van der Waals surface area contributed by atoms with Crippen molar-refractivity contribution in [2.24, 2.45) is 0 Å². The summed E-state index contributed by atoms with van der Waals surface area (Å²) in [5.74, 6) is -3.04. The first-order valence-corrected chi connectivity index (χ1v) is 8.23. The number of benzene rings is 1. The molecule has 0 unspecified atom stereocenters. The Bertz CT molecular complexity index is 942. The van der Waals surface area contributed by atoms with E-state index in [0.29, 0.717) is 12.8 Å². The van der Waals surface area contributed by atoms with Crippen LogP contribution in [0.25, 0.3) is 10.9 Å². The molecule has 8 heteroatoms. The van der Waals surface area contributed by atoms with Gasteiger partial charge >= 0.3 is 11.7 Å². The van der Waals surface area contributed by atoms with E-state index in [4.69, 9.17) is 4.74 Å². The van der Waals surface area contributed by atoms with E-state index in [2.05, 4.69) is 0 Å². The van der Waals surface area contributed by atoms with Crippen LogP contribution in [0.4, 0.5) is 8.78 Å². The fourth-order valence-electron chi connectivity index (χ4n) is 3.36. The molecule has 0 N–H and O–H groups in total. The first-order chi connectivity index (χ1) is 11.9. The van der Waals surface area contributed by atoms with Crippen LogP contribution in [0.2, 0.25) is 0 Å². The van der Waals surface area contributed by atoms with Crippen LogP contribution in [-0.4, -0.2) is 21.7 Å². The van der Waals surface area contributed by atoms with Gasteiger partial charge in [0.15, 0.2) is 11.6 Å². The van der Waals surface area contributed by atoms with Crippen LogP contribution < -0.4 is 11.2 Å². The molecular weight excluding hydrogens is 334 g/mol. The minimum atomic E-state index is -1.18. The van der Waals surface area contributed by atoms with E-state index in [1.807, 2.05) is 0 Å². The van der Waals surface area contributed by atoms with Crippen molar-refractivity contribution in [1.29, 1.82) is 0 Å². The Morgan fingerprint density at radius 1 is 1.20 bits per heavy atom. The smallest absolute Gasteiger partial charge is 0.332 e. The number of esters is 1. The molecule has 1 aliphatic carbocycles. The van der Waals surface area contributed by atoms with E-state index >= 15 is 0 Å². The third-order valence-electron chi connectivity index (χ3n) is 4.49. The monoisotopic (exact) mass is 352 g/mol. The van der Waals surface area contributed by atoms with E-state index in [0.717, 1.165) is 29.5 Å². The number of hydrogen-bond acceptors (Lipinski definition) is 4. The number of aromatic nitrogens is 2. The van der Waals surface area contributed by atoms with Crippen molar-refractivity contribution in [2.45, 2.75) is 45.2 Å². The van der Waals surface area contributed by atoms with Crippen LogP contribution in [-0.2, 0) is 16.1 Å². The summed E-state index contributed by atoms with van der Waals surface area (Å²) in [6.07, 6.45) is 3.20. The molecule has 0 aliphatic heterocycles. The Balaban J connectivity index is 2.29. The largest absolute Gasteiger partial charge is 0.465 e. The third kappa shape index (κ3) is 3.08. The molecule has 0 spiro atoms. The molecule has 0 atom stereocenters. The molecular formula is C17H18F2N2O4. The zero-order valence-corrected chi connectivity index (χ0v) is 13.8. The number of rotatable bonds is 4. The van der Waals surface area contributed by atoms with Gasteiger partial charge in [0, 0.05) is 12.1 Å². The Morgan fingerprint density at radius 2 is 1.84 bits per heavy atom. The molecule has 0 amide bonds. The molecule has 25 heavy (non-hydrogen) atoms. The second-order valence-corrected chi connectivity index (χ2v) is 6.07. The average molecular weight is 352 g/mol. The molecule has 2 aromatic rings. The second kappa shape index (κ2) is 6.78. The summed E-state index contributed by atoms with van der Waals surface area (Å²) < 4.78 is 34.2. The minimum Gasteiger partial charge on any atom is -0.465 e. The Hall–Kier alpha value is -2.51. The predicted octanol–water partition coefficient (Wildman–Crippen LogP) is 2.12. The maximum atomic E-state index is 13.7. The van der Waals surface area contributed by atoms with Crippen LogP contribution >= 0.6 is 0 Å². The van der Waals surface area contributed by atoms with Gasteiger partial charge in [0.2, 0.25) is 0 Å². The number of ether oxygens (including phenoxy) is 1. The molecule has 1 aromatic heterocycles. The fourth-order valence-corrected chi connectivity index (χ4v) is 3.36. The fraction of sp³-hybridized carbons (Fsp3) is 0.471. The third-order valence-corrected chi connectivity index (χ3v) is 4.49. The summed E-state index contributed by atoms with van der Waals surface area (Å²) in [5, 5.41) is -0.130. The van der Waals surface area contributed by atoms with Crippen LogP contribution in [0.15, 0.2) is 21.7 Å². The van der Waals surface area contributed by atoms with Gasteiger partial charge in [0.1, 0.15) is 6.54 Å². The molecule has 1 aliphatic rings. The van der Waals surface area contributed by atoms with Gasteiger partial charge < -0.3 is 4.74 Å². The maximum absolute atomic E-state index is 13.7. The molecule has 1 saturated carbocycles. The van der Waals surface area contributed by atoms with Crippen LogP contribution in [0, 0.1) is 11.6 Å². The number of hydrogen-bond donors (Lipinski definition) is 0. The SMILES string of the molecule is CCOC(=O)Cn1c(=O)c2cc(F)c(F)cc2n(C2CCCC2)c1=O. The topological polar surface area (TPSA) is 70.3 Å². The second-order valence-electron chi connectivity index (χ2n) is 6.07. The highest BCUT2D eigenvalue weighted by Gasteiger charge is 2.25. The summed E-state index contributed by atoms with van der Waals surface area (Å²) >= 11 is 0. The van der Waals surface area contributed by atoms with Gasteiger partial charge in [0.25, 0.3) is 5.56 Å². The normalized spacial score (nSPS) is 15.0. The molecule has 1 heterocycles. The highest BCUT2D eigenvalue weighted by molar-refractivity contribution is 5.79. The zero-order valence-electron chi connectivity index (χ0n) is 13.8. The molecule has 1 fully saturated rings. The summed E-state index contributed by atoms with van der Waals surface area (Å²) in [6, 6.07) is 1.44. The standard InChI is InChI=1S/C17H18F2N2O4/c1-2-25-15(22)9-20-16(23)11-7-12(18)13(19)8-14(11)21(17(20)24)10-5-3-4-6-10/h7-8,10H,2-6,9H2,1H3. The van der Waals surface area contributed by atoms with Gasteiger partial charge in [-0.3, -0.25) is 14.2 Å². The van der Waals surface area contributed by atoms with Gasteiger partial charge in [-0.1, -0.05) is 12.8 Å². The minimum absolute atomic E-state index is 0.0564. The lowest BCUT2D eigenvalue weighted by molar-refractivity contribution is -0.143. The van der Waals surface area contributed by atoms with Crippen molar-refractivity contribution >= 4 is 16.9 Å². The van der Waals surface area contributed by atoms with E-state index in [1.54, 1.807) is 6.92 Å². The quantitative estimate of drug-likeness (QED) is 0.791. The van der Waals surface area contributed by atoms with Crippen molar-refractivity contribution in [3.63, 3.8) is 0 Å². The molecule has 1 aromatic carbocycles. The van der Waals surface area contributed by atoms with E-state index in [9.17, 15) is 23.2 Å². The molecule has 0 radical (unpaired) electrons. The summed E-state index contributed by atoms with van der Waals surface area (Å²) in [4.78, 5) is 37.1. The van der Waals surface area contributed by atoms with Crippen molar-refractivity contribution < 1.29 is 18.3 Å². The van der Waals surface area contributed by atoms with Gasteiger partial charge in [0.05, 0.1) is 17.5 Å². The lowest BCUT2D eigenvalue weighted by Gasteiger charge is -2.19. The Morgan fingerprint density at radius 3 is 2.48 bits per heavy atom. The van der Waals surface area contributed by atoms with Gasteiger partial charge in [-0.15, -0.1) is 0 Å². The molecule has 6 nitrogen and oxygen atoms in total. The summed E-state index contributed by atoms with van der Waals surface area (Å²) in [5.41, 5.74) is -1.48. The van der Waals surface area contributed by atoms with Gasteiger partial charge in [-0.25, -0.2) is 18.1 Å². The molecule has 0 saturated heterocycles. The Kier molecular flexibility index (Phi) is 4.69. The van der Waals surface area contributed by atoms with E-state index < -0.39 is 35.4 Å². The molecule has 0 bridgehead atoms. The lowest BCUT2D eigenvalue weighted by Crippen LogP contribution is -2.43. The highest BCUT2D eigenvalue weighted by atomic mass is 19.2. The number of fused-ring (bicyclic) bond motifs is 1. The van der Waals surface area contributed by atoms with Gasteiger partial charge in [-0.05, 0) is 25.8 Å². The molecule has 134 valence electrons. The molecule has 3 rings (SSSR count). The van der Waals surface area contributed by atoms with Crippen molar-refractivity contribution in [3.8, 4) is 0 Å². The average Bonchev–Trinajstić information content (AvgIpc) is 3.08. The number of halogens is 2. The summed E-state index contributed by atoms with van der Waals surface area (Å²) in [6.45, 7) is 1.15. The predicted molar refractivity (Wildman–Crippen MR) is 86.5 cm³/mol. The first-order valence-electron chi connectivity index (χ1n) is 8.23. The number of nitrogens with zero attached hydrogens (tertiary/aromatic N) is 2. The number of carbonyl (C=O) groups excluding carboxylic acids is 1. The van der Waals surface area contributed by atoms with Crippen LogP contribution in [0.3, 0.4) is 0 Å². The van der Waals surface area contributed by atoms with E-state index in [-0.39, 0.29) is 23.6 Å². The lowest BCUT2D eigenvalue weighted by atomic mass is 10.2.